The smallest absolute Gasteiger partial charge is 0.406 e. The molecule has 1 atom stereocenters. The molecule has 1 heterocycles. The molecule has 0 bridgehead atoms. The zero-order valence-electron chi connectivity index (χ0n) is 13.0. The third-order valence-electron chi connectivity index (χ3n) is 3.69. The minimum Gasteiger partial charge on any atom is -0.406 e. The predicted octanol–water partition coefficient (Wildman–Crippen LogP) is 2.65. The summed E-state index contributed by atoms with van der Waals surface area (Å²) in [7, 11) is -3.64. The number of ether oxygens (including phenoxy) is 1. The number of rotatable bonds is 5. The number of hydrogen-bond donors (Lipinski definition) is 1. The molecule has 1 unspecified atom stereocenters. The van der Waals surface area contributed by atoms with Gasteiger partial charge >= 0.3 is 16.4 Å². The molecule has 5 nitrogen and oxygen atoms in total. The molecule has 1 aliphatic rings. The number of benzene rings is 1. The average Bonchev–Trinajstić information content (AvgIpc) is 2.53. The number of sulfonamides is 1. The first-order valence-electron chi connectivity index (χ1n) is 7.19. The first-order chi connectivity index (χ1) is 11.1. The summed E-state index contributed by atoms with van der Waals surface area (Å²) in [6, 6.07) is 4.83. The summed E-state index contributed by atoms with van der Waals surface area (Å²) in [6.07, 6.45) is 0.153. The normalized spacial score (nSPS) is 21.5. The van der Waals surface area contributed by atoms with Crippen molar-refractivity contribution in [2.75, 3.05) is 18.8 Å². The summed E-state index contributed by atoms with van der Waals surface area (Å²) in [5.41, 5.74) is 6.57. The molecule has 2 N–H and O–H groups in total. The summed E-state index contributed by atoms with van der Waals surface area (Å²) in [6.45, 7) is 1.81. The Morgan fingerprint density at radius 3 is 2.38 bits per heavy atom. The van der Waals surface area contributed by atoms with Crippen LogP contribution in [0.4, 0.5) is 18.9 Å². The second kappa shape index (κ2) is 6.58. The lowest BCUT2D eigenvalue weighted by Crippen LogP contribution is -2.51. The summed E-state index contributed by atoms with van der Waals surface area (Å²) in [5.74, 6) is -0.537. The van der Waals surface area contributed by atoms with Gasteiger partial charge in [0.15, 0.2) is 5.69 Å². The lowest BCUT2D eigenvalue weighted by Gasteiger charge is -2.34. The molecule has 0 aliphatic carbocycles. The van der Waals surface area contributed by atoms with Gasteiger partial charge in [-0.15, -0.1) is 13.2 Å². The number of quaternary nitrogens is 1. The van der Waals surface area contributed by atoms with Crippen molar-refractivity contribution in [1.82, 2.24) is 3.89 Å². The summed E-state index contributed by atoms with van der Waals surface area (Å²) in [5, 5.41) is 0. The van der Waals surface area contributed by atoms with Gasteiger partial charge in [-0.1, -0.05) is 6.08 Å². The molecule has 132 valence electrons. The van der Waals surface area contributed by atoms with Crippen molar-refractivity contribution in [2.45, 2.75) is 13.3 Å². The van der Waals surface area contributed by atoms with E-state index in [4.69, 9.17) is 5.73 Å². The van der Waals surface area contributed by atoms with Crippen molar-refractivity contribution >= 4 is 15.7 Å². The van der Waals surface area contributed by atoms with E-state index >= 15 is 0 Å². The molecule has 9 heteroatoms. The molecular formula is C15H18F3N2O3S+. The van der Waals surface area contributed by atoms with Gasteiger partial charge in [-0.2, -0.15) is 12.3 Å². The maximum atomic E-state index is 12.7. The predicted molar refractivity (Wildman–Crippen MR) is 85.5 cm³/mol. The highest BCUT2D eigenvalue weighted by Crippen LogP contribution is 2.34. The molecule has 24 heavy (non-hydrogen) atoms. The summed E-state index contributed by atoms with van der Waals surface area (Å²) >= 11 is 0. The number of nitrogens with two attached hydrogens (primary N) is 1. The summed E-state index contributed by atoms with van der Waals surface area (Å²) < 4.78 is 65.5. The van der Waals surface area contributed by atoms with E-state index in [-0.39, 0.29) is 18.8 Å². The van der Waals surface area contributed by atoms with Crippen molar-refractivity contribution in [3.8, 4) is 5.75 Å². The molecule has 1 aromatic rings. The van der Waals surface area contributed by atoms with Gasteiger partial charge in [-0.3, -0.25) is 0 Å². The first kappa shape index (κ1) is 18.5. The van der Waals surface area contributed by atoms with Gasteiger partial charge in [-0.05, 0) is 25.1 Å². The fourth-order valence-corrected chi connectivity index (χ4v) is 4.02. The molecule has 0 saturated heterocycles. The van der Waals surface area contributed by atoms with Gasteiger partial charge in [-0.25, -0.2) is 0 Å². The molecule has 0 fully saturated rings. The van der Waals surface area contributed by atoms with Gasteiger partial charge in [0.1, 0.15) is 18.5 Å². The Morgan fingerprint density at radius 2 is 1.88 bits per heavy atom. The second-order valence-corrected chi connectivity index (χ2v) is 7.59. The Hall–Kier alpha value is -1.84. The van der Waals surface area contributed by atoms with Gasteiger partial charge in [0.25, 0.3) is 0 Å². The lowest BCUT2D eigenvalue weighted by atomic mass is 10.2. The van der Waals surface area contributed by atoms with Crippen LogP contribution in [0.25, 0.3) is 0 Å². The minimum absolute atomic E-state index is 0.129. The van der Waals surface area contributed by atoms with Crippen molar-refractivity contribution in [2.24, 2.45) is 5.73 Å². The van der Waals surface area contributed by atoms with Gasteiger partial charge in [0.05, 0.1) is 5.75 Å². The molecule has 0 radical (unpaired) electrons. The zero-order valence-corrected chi connectivity index (χ0v) is 13.8. The molecule has 1 aliphatic heterocycles. The van der Waals surface area contributed by atoms with E-state index in [2.05, 4.69) is 4.74 Å². The number of nitrogens with zero attached hydrogens (tertiary/aromatic N) is 1. The highest BCUT2D eigenvalue weighted by Gasteiger charge is 2.42. The molecule has 0 saturated carbocycles. The molecule has 0 spiro atoms. The maximum Gasteiger partial charge on any atom is 0.573 e. The van der Waals surface area contributed by atoms with E-state index in [0.717, 1.165) is 12.1 Å². The Balaban J connectivity index is 2.50. The molecule has 0 amide bonds. The third kappa shape index (κ3) is 3.63. The van der Waals surface area contributed by atoms with Crippen LogP contribution in [-0.4, -0.2) is 33.6 Å². The minimum atomic E-state index is -4.80. The van der Waals surface area contributed by atoms with Crippen LogP contribution in [0.2, 0.25) is 0 Å². The van der Waals surface area contributed by atoms with Crippen molar-refractivity contribution in [3.05, 3.63) is 48.2 Å². The van der Waals surface area contributed by atoms with Crippen molar-refractivity contribution in [3.63, 3.8) is 0 Å². The Morgan fingerprint density at radius 1 is 1.25 bits per heavy atom. The van der Waals surface area contributed by atoms with Gasteiger partial charge in [0.2, 0.25) is 0 Å². The Kier molecular flexibility index (Phi) is 5.07. The highest BCUT2D eigenvalue weighted by molar-refractivity contribution is 7.91. The summed E-state index contributed by atoms with van der Waals surface area (Å²) in [4.78, 5) is 0. The van der Waals surface area contributed by atoms with Crippen LogP contribution < -0.4 is 14.4 Å². The zero-order chi connectivity index (χ0) is 18.0. The van der Waals surface area contributed by atoms with E-state index in [1.54, 1.807) is 12.2 Å². The number of hydrogen-bond acceptors (Lipinski definition) is 4. The van der Waals surface area contributed by atoms with E-state index in [1.165, 1.54) is 25.3 Å². The van der Waals surface area contributed by atoms with E-state index in [9.17, 15) is 21.6 Å². The number of alkyl halides is 3. The second-order valence-electron chi connectivity index (χ2n) is 5.20. The average molecular weight is 363 g/mol. The monoisotopic (exact) mass is 363 g/mol. The SMILES string of the molecule is CCS(=O)(=O)[N+]1(c2ccc(OC(F)(F)F)cc2)C=C(CN)C=CC1. The fourth-order valence-electron chi connectivity index (χ4n) is 2.51. The van der Waals surface area contributed by atoms with Crippen LogP contribution in [0.15, 0.2) is 48.2 Å². The van der Waals surface area contributed by atoms with Crippen LogP contribution in [0.3, 0.4) is 0 Å². The van der Waals surface area contributed by atoms with Crippen LogP contribution in [0, 0.1) is 0 Å². The van der Waals surface area contributed by atoms with Gasteiger partial charge in [0, 0.05) is 24.3 Å². The van der Waals surface area contributed by atoms with Crippen molar-refractivity contribution < 1.29 is 26.3 Å². The first-order valence-corrected chi connectivity index (χ1v) is 8.80. The standard InChI is InChI=1S/C15H18F3N2O3S/c1-2-24(21,22)20(9-3-4-12(10-19)11-20)13-5-7-14(8-6-13)23-15(16,17)18/h3-8,11H,2,9-10,19H2,1H3/q+1. The Labute approximate surface area is 138 Å². The van der Waals surface area contributed by atoms with Crippen molar-refractivity contribution in [1.29, 1.82) is 0 Å². The molecule has 0 aromatic heterocycles. The van der Waals surface area contributed by atoms with Crippen LogP contribution in [0.1, 0.15) is 6.92 Å². The molecule has 2 rings (SSSR count). The van der Waals surface area contributed by atoms with Crippen LogP contribution >= 0.6 is 0 Å². The van der Waals surface area contributed by atoms with E-state index < -0.39 is 26.0 Å². The van der Waals surface area contributed by atoms with E-state index in [0.29, 0.717) is 11.3 Å². The van der Waals surface area contributed by atoms with Crippen LogP contribution in [-0.2, 0) is 10.0 Å². The highest BCUT2D eigenvalue weighted by atomic mass is 32.2. The van der Waals surface area contributed by atoms with E-state index in [1.807, 2.05) is 0 Å². The van der Waals surface area contributed by atoms with Crippen LogP contribution in [0.5, 0.6) is 5.75 Å². The Bertz CT molecular complexity index is 755. The number of halogens is 3. The maximum absolute atomic E-state index is 12.7. The largest absolute Gasteiger partial charge is 0.573 e. The van der Waals surface area contributed by atoms with Gasteiger partial charge < -0.3 is 10.5 Å². The third-order valence-corrected chi connectivity index (χ3v) is 5.87. The molecule has 1 aromatic carbocycles. The quantitative estimate of drug-likeness (QED) is 0.817. The topological polar surface area (TPSA) is 69.4 Å². The lowest BCUT2D eigenvalue weighted by molar-refractivity contribution is -0.274. The fraction of sp³-hybridized carbons (Fsp3) is 0.333. The molecular weight excluding hydrogens is 345 g/mol.